The van der Waals surface area contributed by atoms with E-state index in [1.165, 1.54) is 5.56 Å². The van der Waals surface area contributed by atoms with Gasteiger partial charge in [0.05, 0.1) is 6.67 Å². The molecule has 1 aromatic carbocycles. The molecule has 0 saturated carbocycles. The van der Waals surface area contributed by atoms with E-state index in [4.69, 9.17) is 0 Å². The van der Waals surface area contributed by atoms with Gasteiger partial charge >= 0.3 is 0 Å². The molecule has 0 aromatic heterocycles. The van der Waals surface area contributed by atoms with Crippen LogP contribution in [0.3, 0.4) is 0 Å². The minimum Gasteiger partial charge on any atom is -0.250 e. The molecule has 2 heteroatoms. The first-order valence-corrected chi connectivity index (χ1v) is 4.57. The topological polar surface area (TPSA) is 0 Å². The lowest BCUT2D eigenvalue weighted by Crippen LogP contribution is -1.80. The Hall–Kier alpha value is -0.500. The Labute approximate surface area is 70.8 Å². The third-order valence-electron chi connectivity index (χ3n) is 1.37. The molecule has 0 aliphatic heterocycles. The van der Waals surface area contributed by atoms with Crippen LogP contribution in [0.5, 0.6) is 0 Å². The molecule has 0 N–H and O–H groups in total. The summed E-state index contributed by atoms with van der Waals surface area (Å²) in [6.07, 6.45) is 0. The van der Waals surface area contributed by atoms with Gasteiger partial charge in [-0.3, -0.25) is 4.39 Å². The van der Waals surface area contributed by atoms with Gasteiger partial charge in [-0.1, -0.05) is 17.7 Å². The van der Waals surface area contributed by atoms with E-state index in [0.717, 1.165) is 4.90 Å². The molecule has 0 saturated heterocycles. The van der Waals surface area contributed by atoms with Crippen LogP contribution in [-0.4, -0.2) is 12.4 Å². The van der Waals surface area contributed by atoms with E-state index < -0.39 is 0 Å². The van der Waals surface area contributed by atoms with Crippen molar-refractivity contribution in [2.45, 2.75) is 11.8 Å². The van der Waals surface area contributed by atoms with Crippen molar-refractivity contribution in [3.05, 3.63) is 29.8 Å². The van der Waals surface area contributed by atoms with Crippen LogP contribution in [0.25, 0.3) is 0 Å². The van der Waals surface area contributed by atoms with Gasteiger partial charge < -0.3 is 0 Å². The summed E-state index contributed by atoms with van der Waals surface area (Å²) in [5.74, 6) is 0.559. The van der Waals surface area contributed by atoms with Crippen molar-refractivity contribution < 1.29 is 4.39 Å². The third-order valence-corrected chi connectivity index (χ3v) is 2.33. The van der Waals surface area contributed by atoms with Gasteiger partial charge in [0, 0.05) is 10.6 Å². The average Bonchev–Trinajstić information content (AvgIpc) is 2.04. The fourth-order valence-electron chi connectivity index (χ4n) is 0.791. The van der Waals surface area contributed by atoms with Crippen molar-refractivity contribution in [1.29, 1.82) is 0 Å². The summed E-state index contributed by atoms with van der Waals surface area (Å²) in [6, 6.07) is 8.13. The van der Waals surface area contributed by atoms with Crippen LogP contribution in [0.2, 0.25) is 0 Å². The normalized spacial score (nSPS) is 10.0. The zero-order valence-electron chi connectivity index (χ0n) is 6.51. The number of rotatable bonds is 3. The van der Waals surface area contributed by atoms with Crippen molar-refractivity contribution in [1.82, 2.24) is 0 Å². The Morgan fingerprint density at radius 3 is 2.45 bits per heavy atom. The van der Waals surface area contributed by atoms with Crippen LogP contribution < -0.4 is 0 Å². The zero-order valence-corrected chi connectivity index (χ0v) is 7.33. The standard InChI is InChI=1S/C9H11FS/c1-8-2-4-9(5-3-8)11-7-6-10/h2-5H,6-7H2,1H3. The average molecular weight is 170 g/mol. The monoisotopic (exact) mass is 170 g/mol. The van der Waals surface area contributed by atoms with E-state index in [1.54, 1.807) is 11.8 Å². The molecule has 0 atom stereocenters. The molecule has 1 rings (SSSR count). The number of hydrogen-bond acceptors (Lipinski definition) is 1. The molecular formula is C9H11FS. The van der Waals surface area contributed by atoms with E-state index in [1.807, 2.05) is 31.2 Å². The summed E-state index contributed by atoms with van der Waals surface area (Å²) < 4.78 is 11.7. The second kappa shape index (κ2) is 4.39. The van der Waals surface area contributed by atoms with Crippen molar-refractivity contribution >= 4 is 11.8 Å². The predicted molar refractivity (Wildman–Crippen MR) is 47.9 cm³/mol. The fourth-order valence-corrected chi connectivity index (χ4v) is 1.43. The maximum Gasteiger partial charge on any atom is 0.0988 e. The summed E-state index contributed by atoms with van der Waals surface area (Å²) >= 11 is 1.55. The van der Waals surface area contributed by atoms with Gasteiger partial charge in [0.2, 0.25) is 0 Å². The van der Waals surface area contributed by atoms with E-state index >= 15 is 0 Å². The second-order valence-electron chi connectivity index (χ2n) is 2.35. The number of thioether (sulfide) groups is 1. The van der Waals surface area contributed by atoms with Crippen LogP contribution in [0.1, 0.15) is 5.56 Å². The van der Waals surface area contributed by atoms with Gasteiger partial charge in [-0.25, -0.2) is 0 Å². The Kier molecular flexibility index (Phi) is 3.43. The maximum atomic E-state index is 11.7. The molecule has 0 aliphatic rings. The van der Waals surface area contributed by atoms with Gasteiger partial charge in [-0.05, 0) is 19.1 Å². The molecule has 0 fully saturated rings. The Morgan fingerprint density at radius 1 is 1.27 bits per heavy atom. The highest BCUT2D eigenvalue weighted by Gasteiger charge is 1.91. The first-order chi connectivity index (χ1) is 5.33. The summed E-state index contributed by atoms with van der Waals surface area (Å²) in [6.45, 7) is 1.79. The largest absolute Gasteiger partial charge is 0.250 e. The number of alkyl halides is 1. The van der Waals surface area contributed by atoms with Gasteiger partial charge in [0.25, 0.3) is 0 Å². The van der Waals surface area contributed by atoms with Gasteiger partial charge in [-0.15, -0.1) is 11.8 Å². The van der Waals surface area contributed by atoms with Crippen molar-refractivity contribution in [2.75, 3.05) is 12.4 Å². The van der Waals surface area contributed by atoms with E-state index in [0.29, 0.717) is 5.75 Å². The smallest absolute Gasteiger partial charge is 0.0988 e. The molecule has 0 amide bonds. The number of aryl methyl sites for hydroxylation is 1. The summed E-state index contributed by atoms with van der Waals surface area (Å²) in [5, 5.41) is 0. The lowest BCUT2D eigenvalue weighted by Gasteiger charge is -1.97. The quantitative estimate of drug-likeness (QED) is 0.628. The van der Waals surface area contributed by atoms with Crippen molar-refractivity contribution in [2.24, 2.45) is 0 Å². The van der Waals surface area contributed by atoms with Crippen LogP contribution >= 0.6 is 11.8 Å². The van der Waals surface area contributed by atoms with Gasteiger partial charge in [-0.2, -0.15) is 0 Å². The first-order valence-electron chi connectivity index (χ1n) is 3.58. The van der Waals surface area contributed by atoms with E-state index in [-0.39, 0.29) is 6.67 Å². The molecule has 11 heavy (non-hydrogen) atoms. The van der Waals surface area contributed by atoms with Crippen molar-refractivity contribution in [3.8, 4) is 0 Å². The molecule has 0 heterocycles. The molecule has 0 aliphatic carbocycles. The molecule has 0 nitrogen and oxygen atoms in total. The van der Waals surface area contributed by atoms with E-state index in [9.17, 15) is 4.39 Å². The molecular weight excluding hydrogens is 159 g/mol. The Morgan fingerprint density at radius 2 is 1.91 bits per heavy atom. The molecule has 1 aromatic rings. The minimum atomic E-state index is -0.251. The third kappa shape index (κ3) is 2.93. The highest BCUT2D eigenvalue weighted by Crippen LogP contribution is 2.17. The first kappa shape index (κ1) is 8.60. The lowest BCUT2D eigenvalue weighted by molar-refractivity contribution is 0.533. The summed E-state index contributed by atoms with van der Waals surface area (Å²) in [5.41, 5.74) is 1.24. The highest BCUT2D eigenvalue weighted by atomic mass is 32.2. The van der Waals surface area contributed by atoms with E-state index in [2.05, 4.69) is 0 Å². The fraction of sp³-hybridized carbons (Fsp3) is 0.333. The lowest BCUT2D eigenvalue weighted by atomic mass is 10.2. The van der Waals surface area contributed by atoms with Crippen molar-refractivity contribution in [3.63, 3.8) is 0 Å². The highest BCUT2D eigenvalue weighted by molar-refractivity contribution is 7.99. The molecule has 0 radical (unpaired) electrons. The number of hydrogen-bond donors (Lipinski definition) is 0. The summed E-state index contributed by atoms with van der Waals surface area (Å²) in [4.78, 5) is 1.15. The molecule has 0 spiro atoms. The van der Waals surface area contributed by atoms with Crippen LogP contribution in [0.15, 0.2) is 29.2 Å². The minimum absolute atomic E-state index is 0.251. The maximum absolute atomic E-state index is 11.7. The van der Waals surface area contributed by atoms with Gasteiger partial charge in [0.15, 0.2) is 0 Å². The van der Waals surface area contributed by atoms with Crippen LogP contribution in [0.4, 0.5) is 4.39 Å². The predicted octanol–water partition coefficient (Wildman–Crippen LogP) is 3.06. The number of benzene rings is 1. The Balaban J connectivity index is 2.52. The summed E-state index contributed by atoms with van der Waals surface area (Å²) in [7, 11) is 0. The van der Waals surface area contributed by atoms with Gasteiger partial charge in [0.1, 0.15) is 0 Å². The molecule has 0 unspecified atom stereocenters. The second-order valence-corrected chi connectivity index (χ2v) is 3.52. The Bertz CT molecular complexity index is 205. The molecule has 60 valence electrons. The van der Waals surface area contributed by atoms with Crippen LogP contribution in [-0.2, 0) is 0 Å². The number of halogens is 1. The SMILES string of the molecule is Cc1ccc(SCCF)cc1. The zero-order chi connectivity index (χ0) is 8.10. The van der Waals surface area contributed by atoms with Crippen LogP contribution in [0, 0.1) is 6.92 Å². The molecule has 0 bridgehead atoms.